The van der Waals surface area contributed by atoms with Gasteiger partial charge >= 0.3 is 5.97 Å². The van der Waals surface area contributed by atoms with Crippen molar-refractivity contribution in [1.29, 1.82) is 0 Å². The molecule has 0 amide bonds. The molecule has 0 atom stereocenters. The van der Waals surface area contributed by atoms with E-state index in [0.717, 1.165) is 0 Å². The van der Waals surface area contributed by atoms with Crippen LogP contribution in [-0.4, -0.2) is 23.3 Å². The molecule has 0 aliphatic rings. The highest BCUT2D eigenvalue weighted by Gasteiger charge is 2.24. The highest BCUT2D eigenvalue weighted by atomic mass is 16.5. The molecular weight excluding hydrogens is 210 g/mol. The number of carboxylic acid groups (broad SMARTS) is 1. The van der Waals surface area contributed by atoms with E-state index < -0.39 is 5.97 Å². The van der Waals surface area contributed by atoms with Crippen molar-refractivity contribution in [1.82, 2.24) is 5.16 Å². The van der Waals surface area contributed by atoms with Crippen LogP contribution in [0.3, 0.4) is 0 Å². The molecule has 0 aliphatic heterocycles. The molecule has 0 saturated heterocycles. The maximum Gasteiger partial charge on any atom is 0.345 e. The normalized spacial score (nSPS) is 10.1. The molecule has 1 heterocycles. The first-order chi connectivity index (χ1) is 7.74. The fourth-order valence-corrected chi connectivity index (χ4v) is 1.39. The van der Waals surface area contributed by atoms with Gasteiger partial charge in [-0.2, -0.15) is 0 Å². The predicted molar refractivity (Wildman–Crippen MR) is 55.5 cm³/mol. The van der Waals surface area contributed by atoms with E-state index in [1.165, 1.54) is 7.11 Å². The largest absolute Gasteiger partial charge is 0.478 e. The number of methoxy groups -OCH3 is 1. The van der Waals surface area contributed by atoms with Crippen molar-refractivity contribution in [3.05, 3.63) is 35.9 Å². The van der Waals surface area contributed by atoms with Crippen LogP contribution in [0.1, 0.15) is 10.4 Å². The Morgan fingerprint density at radius 1 is 1.38 bits per heavy atom. The number of rotatable bonds is 3. The lowest BCUT2D eigenvalue weighted by molar-refractivity contribution is 0.0694. The van der Waals surface area contributed by atoms with Crippen molar-refractivity contribution >= 4 is 5.97 Å². The lowest BCUT2D eigenvalue weighted by Crippen LogP contribution is -1.99. The van der Waals surface area contributed by atoms with Gasteiger partial charge in [0.2, 0.25) is 0 Å². The minimum Gasteiger partial charge on any atom is -0.478 e. The first-order valence-corrected chi connectivity index (χ1v) is 4.56. The molecule has 16 heavy (non-hydrogen) atoms. The third-order valence-corrected chi connectivity index (χ3v) is 2.10. The standard InChI is InChI=1S/C11H9NO4/c1-15-10-8(11(13)14)9(16-12-10)7-5-3-2-4-6-7/h2-6H,1H3,(H,13,14). The van der Waals surface area contributed by atoms with Crippen molar-refractivity contribution in [2.75, 3.05) is 7.11 Å². The Bertz CT molecular complexity index is 504. The molecule has 1 N–H and O–H groups in total. The molecule has 0 unspecified atom stereocenters. The smallest absolute Gasteiger partial charge is 0.345 e. The number of hydrogen-bond acceptors (Lipinski definition) is 4. The third-order valence-electron chi connectivity index (χ3n) is 2.10. The van der Waals surface area contributed by atoms with Crippen LogP contribution >= 0.6 is 0 Å². The maximum absolute atomic E-state index is 11.1. The summed E-state index contributed by atoms with van der Waals surface area (Å²) in [4.78, 5) is 11.1. The first kappa shape index (κ1) is 10.2. The fourth-order valence-electron chi connectivity index (χ4n) is 1.39. The van der Waals surface area contributed by atoms with E-state index in [0.29, 0.717) is 5.56 Å². The van der Waals surface area contributed by atoms with Gasteiger partial charge in [0, 0.05) is 5.56 Å². The fraction of sp³-hybridized carbons (Fsp3) is 0.0909. The maximum atomic E-state index is 11.1. The van der Waals surface area contributed by atoms with Gasteiger partial charge in [0.1, 0.15) is 0 Å². The van der Waals surface area contributed by atoms with Crippen LogP contribution in [0.2, 0.25) is 0 Å². The monoisotopic (exact) mass is 219 g/mol. The van der Waals surface area contributed by atoms with E-state index in [2.05, 4.69) is 5.16 Å². The van der Waals surface area contributed by atoms with Crippen LogP contribution in [-0.2, 0) is 0 Å². The zero-order valence-electron chi connectivity index (χ0n) is 8.51. The summed E-state index contributed by atoms with van der Waals surface area (Å²) >= 11 is 0. The molecule has 82 valence electrons. The Kier molecular flexibility index (Phi) is 2.59. The molecule has 1 aromatic carbocycles. The number of aromatic carboxylic acids is 1. The summed E-state index contributed by atoms with van der Waals surface area (Å²) in [7, 11) is 1.35. The summed E-state index contributed by atoms with van der Waals surface area (Å²) in [6, 6.07) is 8.89. The minimum atomic E-state index is -1.13. The van der Waals surface area contributed by atoms with Crippen LogP contribution in [0.5, 0.6) is 5.88 Å². The zero-order chi connectivity index (χ0) is 11.5. The summed E-state index contributed by atoms with van der Waals surface area (Å²) in [5, 5.41) is 12.6. The van der Waals surface area contributed by atoms with Crippen LogP contribution < -0.4 is 4.74 Å². The lowest BCUT2D eigenvalue weighted by atomic mass is 10.1. The van der Waals surface area contributed by atoms with E-state index >= 15 is 0 Å². The Morgan fingerprint density at radius 3 is 2.62 bits per heavy atom. The second-order valence-electron chi connectivity index (χ2n) is 3.07. The van der Waals surface area contributed by atoms with E-state index in [1.807, 2.05) is 6.07 Å². The van der Waals surface area contributed by atoms with Gasteiger partial charge in [-0.1, -0.05) is 30.3 Å². The van der Waals surface area contributed by atoms with Gasteiger partial charge < -0.3 is 14.4 Å². The summed E-state index contributed by atoms with van der Waals surface area (Å²) < 4.78 is 9.80. The SMILES string of the molecule is COc1noc(-c2ccccc2)c1C(=O)O. The Labute approximate surface area is 91.3 Å². The second-order valence-corrected chi connectivity index (χ2v) is 3.07. The van der Waals surface area contributed by atoms with Crippen molar-refractivity contribution in [3.8, 4) is 17.2 Å². The van der Waals surface area contributed by atoms with E-state index in [4.69, 9.17) is 14.4 Å². The summed E-state index contributed by atoms with van der Waals surface area (Å²) in [6.07, 6.45) is 0. The van der Waals surface area contributed by atoms with Crippen LogP contribution in [0.15, 0.2) is 34.9 Å². The summed E-state index contributed by atoms with van der Waals surface area (Å²) in [6.45, 7) is 0. The molecular formula is C11H9NO4. The average Bonchev–Trinajstić information content (AvgIpc) is 2.73. The molecule has 0 radical (unpaired) electrons. The molecule has 2 rings (SSSR count). The number of aromatic nitrogens is 1. The van der Waals surface area contributed by atoms with Crippen molar-refractivity contribution < 1.29 is 19.2 Å². The van der Waals surface area contributed by atoms with Crippen molar-refractivity contribution in [2.45, 2.75) is 0 Å². The summed E-state index contributed by atoms with van der Waals surface area (Å²) in [5.74, 6) is -0.951. The molecule has 2 aromatic rings. The quantitative estimate of drug-likeness (QED) is 0.855. The molecule has 0 spiro atoms. The minimum absolute atomic E-state index is 0.0219. The van der Waals surface area contributed by atoms with Crippen molar-refractivity contribution in [3.63, 3.8) is 0 Å². The lowest BCUT2D eigenvalue weighted by Gasteiger charge is -1.97. The number of nitrogens with zero attached hydrogens (tertiary/aromatic N) is 1. The zero-order valence-corrected chi connectivity index (χ0v) is 8.51. The molecule has 0 bridgehead atoms. The van der Waals surface area contributed by atoms with E-state index in [-0.39, 0.29) is 17.2 Å². The van der Waals surface area contributed by atoms with Gasteiger partial charge in [-0.3, -0.25) is 0 Å². The number of carboxylic acids is 1. The Hall–Kier alpha value is -2.30. The van der Waals surface area contributed by atoms with E-state index in [1.54, 1.807) is 24.3 Å². The molecule has 5 nitrogen and oxygen atoms in total. The molecule has 1 aromatic heterocycles. The van der Waals surface area contributed by atoms with E-state index in [9.17, 15) is 4.79 Å². The number of carbonyl (C=O) groups is 1. The second kappa shape index (κ2) is 4.06. The Morgan fingerprint density at radius 2 is 2.06 bits per heavy atom. The van der Waals surface area contributed by atoms with Gasteiger partial charge in [-0.15, -0.1) is 0 Å². The predicted octanol–water partition coefficient (Wildman–Crippen LogP) is 2.05. The molecule has 0 fully saturated rings. The van der Waals surface area contributed by atoms with Crippen molar-refractivity contribution in [2.24, 2.45) is 0 Å². The number of benzene rings is 1. The average molecular weight is 219 g/mol. The van der Waals surface area contributed by atoms with Crippen LogP contribution in [0.4, 0.5) is 0 Å². The first-order valence-electron chi connectivity index (χ1n) is 4.56. The third kappa shape index (κ3) is 1.63. The molecule has 0 aliphatic carbocycles. The number of hydrogen-bond donors (Lipinski definition) is 1. The highest BCUT2D eigenvalue weighted by Crippen LogP contribution is 2.30. The van der Waals surface area contributed by atoms with Gasteiger partial charge in [0.25, 0.3) is 5.88 Å². The molecule has 0 saturated carbocycles. The topological polar surface area (TPSA) is 72.6 Å². The number of ether oxygens (including phenoxy) is 1. The van der Waals surface area contributed by atoms with Crippen LogP contribution in [0, 0.1) is 0 Å². The van der Waals surface area contributed by atoms with Gasteiger partial charge in [-0.25, -0.2) is 4.79 Å². The van der Waals surface area contributed by atoms with Gasteiger partial charge in [0.15, 0.2) is 11.3 Å². The molecule has 5 heteroatoms. The van der Waals surface area contributed by atoms with Gasteiger partial charge in [0.05, 0.1) is 7.11 Å². The van der Waals surface area contributed by atoms with Crippen LogP contribution in [0.25, 0.3) is 11.3 Å². The Balaban J connectivity index is 2.58. The van der Waals surface area contributed by atoms with Gasteiger partial charge in [-0.05, 0) is 5.16 Å². The summed E-state index contributed by atoms with van der Waals surface area (Å²) in [5.41, 5.74) is 0.587. The highest BCUT2D eigenvalue weighted by molar-refractivity contribution is 5.96.